The zero-order chi connectivity index (χ0) is 13.1. The topological polar surface area (TPSA) is 73.3 Å². The van der Waals surface area contributed by atoms with Crippen LogP contribution in [0.3, 0.4) is 0 Å². The molecule has 2 rings (SSSR count). The number of aromatic nitrogens is 2. The number of nitrogens with two attached hydrogens (primary N) is 1. The van der Waals surface area contributed by atoms with Crippen molar-refractivity contribution in [2.75, 3.05) is 13.7 Å². The Bertz CT molecular complexity index is 542. The molecule has 0 amide bonds. The van der Waals surface area contributed by atoms with Gasteiger partial charge in [0.2, 0.25) is 0 Å². The first-order valence-corrected chi connectivity index (χ1v) is 5.40. The summed E-state index contributed by atoms with van der Waals surface area (Å²) in [5.74, 6) is -0.293. The van der Waals surface area contributed by atoms with Crippen LogP contribution in [0.1, 0.15) is 11.7 Å². The Kier molecular flexibility index (Phi) is 3.59. The van der Waals surface area contributed by atoms with Crippen LogP contribution in [0, 0.1) is 5.82 Å². The number of halogens is 1. The number of ether oxygens (including phenoxy) is 1. The molecule has 1 aromatic heterocycles. The van der Waals surface area contributed by atoms with Crippen LogP contribution in [0.2, 0.25) is 0 Å². The van der Waals surface area contributed by atoms with Gasteiger partial charge in [0.05, 0.1) is 43.7 Å². The Hall–Kier alpha value is -1.92. The lowest BCUT2D eigenvalue weighted by molar-refractivity contribution is 0.265. The predicted molar refractivity (Wildman–Crippen MR) is 64.1 cm³/mol. The summed E-state index contributed by atoms with van der Waals surface area (Å²) in [6.45, 7) is -0.204. The molecule has 1 unspecified atom stereocenters. The lowest BCUT2D eigenvalue weighted by Gasteiger charge is -2.13. The number of nitrogens with zero attached hydrogens (tertiary/aromatic N) is 2. The van der Waals surface area contributed by atoms with Gasteiger partial charge in [-0.25, -0.2) is 9.37 Å². The number of rotatable bonds is 4. The van der Waals surface area contributed by atoms with Crippen molar-refractivity contribution in [3.05, 3.63) is 42.2 Å². The lowest BCUT2D eigenvalue weighted by atomic mass is 10.2. The number of methoxy groups -OCH3 is 1. The average Bonchev–Trinajstić information content (AvgIpc) is 2.86. The first-order valence-electron chi connectivity index (χ1n) is 5.40. The predicted octanol–water partition coefficient (Wildman–Crippen LogP) is 1.01. The largest absolute Gasteiger partial charge is 0.494 e. The number of imidazole rings is 1. The first-order chi connectivity index (χ1) is 8.67. The molecule has 0 fully saturated rings. The molecule has 0 aliphatic rings. The van der Waals surface area contributed by atoms with Crippen LogP contribution >= 0.6 is 0 Å². The van der Waals surface area contributed by atoms with E-state index in [1.165, 1.54) is 25.6 Å². The van der Waals surface area contributed by atoms with Crippen LogP contribution < -0.4 is 10.5 Å². The molecule has 0 saturated carbocycles. The summed E-state index contributed by atoms with van der Waals surface area (Å²) < 4.78 is 20.1. The fraction of sp³-hybridized carbons (Fsp3) is 0.250. The Morgan fingerprint density at radius 3 is 2.94 bits per heavy atom. The minimum atomic E-state index is -0.558. The number of hydrogen-bond donors (Lipinski definition) is 2. The van der Waals surface area contributed by atoms with E-state index in [9.17, 15) is 4.39 Å². The molecular formula is C12H14FN3O2. The van der Waals surface area contributed by atoms with Crippen LogP contribution in [0.25, 0.3) is 5.69 Å². The first kappa shape index (κ1) is 12.5. The maximum atomic E-state index is 13.6. The van der Waals surface area contributed by atoms with Gasteiger partial charge in [-0.3, -0.25) is 0 Å². The molecule has 96 valence electrons. The van der Waals surface area contributed by atoms with Gasteiger partial charge in [-0.2, -0.15) is 0 Å². The molecule has 18 heavy (non-hydrogen) atoms. The minimum Gasteiger partial charge on any atom is -0.494 e. The van der Waals surface area contributed by atoms with Crippen molar-refractivity contribution in [3.8, 4) is 11.4 Å². The van der Waals surface area contributed by atoms with Gasteiger partial charge >= 0.3 is 0 Å². The van der Waals surface area contributed by atoms with Crippen molar-refractivity contribution in [2.24, 2.45) is 5.73 Å². The molecule has 0 radical (unpaired) electrons. The van der Waals surface area contributed by atoms with Crippen LogP contribution in [0.4, 0.5) is 4.39 Å². The quantitative estimate of drug-likeness (QED) is 0.850. The zero-order valence-electron chi connectivity index (χ0n) is 9.88. The summed E-state index contributed by atoms with van der Waals surface area (Å²) in [6, 6.07) is 3.99. The van der Waals surface area contributed by atoms with Crippen molar-refractivity contribution >= 4 is 0 Å². The highest BCUT2D eigenvalue weighted by atomic mass is 19.1. The molecular weight excluding hydrogens is 237 g/mol. The van der Waals surface area contributed by atoms with Gasteiger partial charge in [-0.15, -0.1) is 0 Å². The fourth-order valence-corrected chi connectivity index (χ4v) is 1.69. The van der Waals surface area contributed by atoms with E-state index < -0.39 is 11.9 Å². The Morgan fingerprint density at radius 2 is 2.33 bits per heavy atom. The van der Waals surface area contributed by atoms with Crippen molar-refractivity contribution in [2.45, 2.75) is 6.04 Å². The third-order valence-corrected chi connectivity index (χ3v) is 2.66. The van der Waals surface area contributed by atoms with E-state index in [-0.39, 0.29) is 12.4 Å². The highest BCUT2D eigenvalue weighted by Crippen LogP contribution is 2.22. The summed E-state index contributed by atoms with van der Waals surface area (Å²) in [5.41, 5.74) is 6.93. The number of aliphatic hydroxyl groups excluding tert-OH is 1. The SMILES string of the molecule is COc1ccc(-n2cncc2C(N)CO)cc1F. The second-order valence-corrected chi connectivity index (χ2v) is 3.80. The Labute approximate surface area is 104 Å². The molecule has 5 nitrogen and oxygen atoms in total. The standard InChI is InChI=1S/C12H14FN3O2/c1-18-12-3-2-8(4-9(12)13)16-7-15-5-11(16)10(14)6-17/h2-5,7,10,17H,6,14H2,1H3. The van der Waals surface area contributed by atoms with E-state index in [0.717, 1.165) is 0 Å². The molecule has 3 N–H and O–H groups in total. The van der Waals surface area contributed by atoms with Gasteiger partial charge in [0, 0.05) is 6.07 Å². The maximum Gasteiger partial charge on any atom is 0.167 e. The molecule has 1 atom stereocenters. The van der Waals surface area contributed by atoms with Gasteiger partial charge in [0.1, 0.15) is 0 Å². The third kappa shape index (κ3) is 2.20. The monoisotopic (exact) mass is 251 g/mol. The average molecular weight is 251 g/mol. The van der Waals surface area contributed by atoms with Crippen LogP contribution in [-0.2, 0) is 0 Å². The Balaban J connectivity index is 2.43. The van der Waals surface area contributed by atoms with Crippen LogP contribution in [0.15, 0.2) is 30.7 Å². The molecule has 0 saturated heterocycles. The maximum absolute atomic E-state index is 13.6. The van der Waals surface area contributed by atoms with Crippen molar-refractivity contribution < 1.29 is 14.2 Å². The second kappa shape index (κ2) is 5.16. The molecule has 2 aromatic rings. The third-order valence-electron chi connectivity index (χ3n) is 2.66. The lowest BCUT2D eigenvalue weighted by Crippen LogP contribution is -2.18. The summed E-state index contributed by atoms with van der Waals surface area (Å²) in [4.78, 5) is 3.96. The van der Waals surface area contributed by atoms with E-state index in [4.69, 9.17) is 15.6 Å². The van der Waals surface area contributed by atoms with Crippen molar-refractivity contribution in [1.82, 2.24) is 9.55 Å². The van der Waals surface area contributed by atoms with Gasteiger partial charge in [0.25, 0.3) is 0 Å². The molecule has 0 aliphatic heterocycles. The molecule has 0 spiro atoms. The van der Waals surface area contributed by atoms with Crippen LogP contribution in [0.5, 0.6) is 5.75 Å². The normalized spacial score (nSPS) is 12.4. The van der Waals surface area contributed by atoms with E-state index in [0.29, 0.717) is 11.4 Å². The number of aliphatic hydroxyl groups is 1. The van der Waals surface area contributed by atoms with Gasteiger partial charge in [0.15, 0.2) is 11.6 Å². The van der Waals surface area contributed by atoms with Gasteiger partial charge in [-0.1, -0.05) is 0 Å². The molecule has 1 heterocycles. The summed E-state index contributed by atoms with van der Waals surface area (Å²) in [6.07, 6.45) is 3.06. The van der Waals surface area contributed by atoms with Crippen molar-refractivity contribution in [3.63, 3.8) is 0 Å². The summed E-state index contributed by atoms with van der Waals surface area (Å²) >= 11 is 0. The number of hydrogen-bond acceptors (Lipinski definition) is 4. The van der Waals surface area contributed by atoms with E-state index >= 15 is 0 Å². The molecule has 0 bridgehead atoms. The Morgan fingerprint density at radius 1 is 1.56 bits per heavy atom. The van der Waals surface area contributed by atoms with Crippen molar-refractivity contribution in [1.29, 1.82) is 0 Å². The minimum absolute atomic E-state index is 0.173. The highest BCUT2D eigenvalue weighted by Gasteiger charge is 2.13. The van der Waals surface area contributed by atoms with Gasteiger partial charge in [-0.05, 0) is 12.1 Å². The highest BCUT2D eigenvalue weighted by molar-refractivity contribution is 5.40. The number of benzene rings is 1. The molecule has 1 aromatic carbocycles. The second-order valence-electron chi connectivity index (χ2n) is 3.80. The van der Waals surface area contributed by atoms with Gasteiger partial charge < -0.3 is 20.1 Å². The van der Waals surface area contributed by atoms with E-state index in [1.807, 2.05) is 0 Å². The summed E-state index contributed by atoms with van der Waals surface area (Å²) in [7, 11) is 1.41. The van der Waals surface area contributed by atoms with Crippen LogP contribution in [-0.4, -0.2) is 28.4 Å². The van der Waals surface area contributed by atoms with E-state index in [2.05, 4.69) is 4.98 Å². The smallest absolute Gasteiger partial charge is 0.167 e. The van der Waals surface area contributed by atoms with E-state index in [1.54, 1.807) is 16.8 Å². The molecule has 0 aliphatic carbocycles. The summed E-state index contributed by atoms with van der Waals surface area (Å²) in [5, 5.41) is 9.05. The zero-order valence-corrected chi connectivity index (χ0v) is 9.88. The molecule has 6 heteroatoms. The fourth-order valence-electron chi connectivity index (χ4n) is 1.69.